The lowest BCUT2D eigenvalue weighted by Crippen LogP contribution is -2.56. The highest BCUT2D eigenvalue weighted by Gasteiger charge is 2.61. The van der Waals surface area contributed by atoms with Gasteiger partial charge in [0.1, 0.15) is 0 Å². The van der Waals surface area contributed by atoms with Crippen LogP contribution in [0.5, 0.6) is 0 Å². The predicted octanol–water partition coefficient (Wildman–Crippen LogP) is 4.31. The average Bonchev–Trinajstić information content (AvgIpc) is 2.83. The first-order chi connectivity index (χ1) is 10.9. The molecule has 0 aromatic carbocycles. The normalized spacial score (nSPS) is 55.6. The molecular weight excluding hydrogens is 284 g/mol. The molecule has 3 saturated carbocycles. The van der Waals surface area contributed by atoms with Gasteiger partial charge in [0.15, 0.2) is 0 Å². The van der Waals surface area contributed by atoms with E-state index < -0.39 is 0 Å². The largest absolute Gasteiger partial charge is 0.393 e. The maximum absolute atomic E-state index is 11.2. The molecule has 0 aromatic heterocycles. The number of fused-ring (bicyclic) bond motifs is 5. The van der Waals surface area contributed by atoms with Gasteiger partial charge < -0.3 is 10.2 Å². The van der Waals surface area contributed by atoms with Gasteiger partial charge in [-0.3, -0.25) is 0 Å². The Bertz CT molecular complexity index is 512. The Morgan fingerprint density at radius 3 is 2.70 bits per heavy atom. The smallest absolute Gasteiger partial charge is 0.0585 e. The van der Waals surface area contributed by atoms with Gasteiger partial charge in [0.2, 0.25) is 0 Å². The number of allylic oxidation sites excluding steroid dienone is 1. The van der Waals surface area contributed by atoms with Gasteiger partial charge in [-0.2, -0.15) is 0 Å². The summed E-state index contributed by atoms with van der Waals surface area (Å²) in [5, 5.41) is 21.3. The minimum atomic E-state index is -0.159. The Morgan fingerprint density at radius 1 is 1.17 bits per heavy atom. The van der Waals surface area contributed by atoms with Crippen LogP contribution in [-0.2, 0) is 0 Å². The van der Waals surface area contributed by atoms with Crippen LogP contribution in [0.4, 0.5) is 0 Å². The van der Waals surface area contributed by atoms with E-state index in [2.05, 4.69) is 26.8 Å². The molecule has 0 heterocycles. The Hall–Kier alpha value is -0.340. The highest BCUT2D eigenvalue weighted by molar-refractivity contribution is 5.26. The molecule has 23 heavy (non-hydrogen) atoms. The van der Waals surface area contributed by atoms with Gasteiger partial charge in [0.25, 0.3) is 0 Å². The minimum absolute atomic E-state index is 0.132. The Morgan fingerprint density at radius 2 is 1.96 bits per heavy atom. The molecule has 4 aliphatic rings. The van der Waals surface area contributed by atoms with Gasteiger partial charge in [-0.15, -0.1) is 0 Å². The monoisotopic (exact) mass is 318 g/mol. The third-order valence-corrected chi connectivity index (χ3v) is 8.70. The first kappa shape index (κ1) is 16.1. The molecule has 3 fully saturated rings. The van der Waals surface area contributed by atoms with Gasteiger partial charge in [0, 0.05) is 0 Å². The highest BCUT2D eigenvalue weighted by Crippen LogP contribution is 2.66. The molecule has 7 unspecified atom stereocenters. The summed E-state index contributed by atoms with van der Waals surface area (Å²) >= 11 is 0. The van der Waals surface area contributed by atoms with Crippen molar-refractivity contribution in [3.05, 3.63) is 11.6 Å². The topological polar surface area (TPSA) is 40.5 Å². The maximum Gasteiger partial charge on any atom is 0.0585 e. The standard InChI is InChI=1S/C21H34O2/c1-4-13-6-8-17-16-7-5-14-11-15(22)9-10-20(14,2)19(16)18(23)12-21(13,17)3/h5,13,15-19,22-23H,4,6-12H2,1-3H3/t13?,15?,16?,17?,18?,19?,20-,21?/m0/s1. The summed E-state index contributed by atoms with van der Waals surface area (Å²) in [6.07, 6.45) is 11.1. The molecule has 0 aromatic rings. The minimum Gasteiger partial charge on any atom is -0.393 e. The summed E-state index contributed by atoms with van der Waals surface area (Å²) in [5.74, 6) is 2.67. The zero-order valence-electron chi connectivity index (χ0n) is 15.1. The quantitative estimate of drug-likeness (QED) is 0.707. The van der Waals surface area contributed by atoms with E-state index >= 15 is 0 Å². The fraction of sp³-hybridized carbons (Fsp3) is 0.905. The third-order valence-electron chi connectivity index (χ3n) is 8.70. The second-order valence-electron chi connectivity index (χ2n) is 9.54. The van der Waals surface area contributed by atoms with Gasteiger partial charge >= 0.3 is 0 Å². The van der Waals surface area contributed by atoms with Crippen LogP contribution < -0.4 is 0 Å². The van der Waals surface area contributed by atoms with Crippen molar-refractivity contribution in [1.29, 1.82) is 0 Å². The summed E-state index contributed by atoms with van der Waals surface area (Å²) in [6, 6.07) is 0. The van der Waals surface area contributed by atoms with E-state index in [9.17, 15) is 10.2 Å². The SMILES string of the molecule is CCC1CCC2C3CC=C4CC(O)CC[C@]4(C)C3C(O)CC12C. The number of aliphatic hydroxyl groups is 2. The molecule has 0 bridgehead atoms. The van der Waals surface area contributed by atoms with Crippen LogP contribution in [0, 0.1) is 34.5 Å². The summed E-state index contributed by atoms with van der Waals surface area (Å²) in [7, 11) is 0. The van der Waals surface area contributed by atoms with Crippen molar-refractivity contribution >= 4 is 0 Å². The number of hydrogen-bond donors (Lipinski definition) is 2. The van der Waals surface area contributed by atoms with E-state index in [1.165, 1.54) is 24.8 Å². The van der Waals surface area contributed by atoms with Gasteiger partial charge in [-0.05, 0) is 79.4 Å². The van der Waals surface area contributed by atoms with Crippen LogP contribution in [-0.4, -0.2) is 22.4 Å². The van der Waals surface area contributed by atoms with E-state index in [0.717, 1.165) is 43.9 Å². The maximum atomic E-state index is 11.2. The third kappa shape index (κ3) is 2.13. The zero-order chi connectivity index (χ0) is 16.4. The van der Waals surface area contributed by atoms with Gasteiger partial charge in [-0.1, -0.05) is 38.8 Å². The molecule has 2 heteroatoms. The summed E-state index contributed by atoms with van der Waals surface area (Å²) < 4.78 is 0. The van der Waals surface area contributed by atoms with Gasteiger partial charge in [0.05, 0.1) is 12.2 Å². The van der Waals surface area contributed by atoms with Crippen LogP contribution in [0.25, 0.3) is 0 Å². The first-order valence-electron chi connectivity index (χ1n) is 9.95. The highest BCUT2D eigenvalue weighted by atomic mass is 16.3. The molecule has 0 saturated heterocycles. The molecule has 2 nitrogen and oxygen atoms in total. The van der Waals surface area contributed by atoms with Crippen LogP contribution in [0.3, 0.4) is 0 Å². The van der Waals surface area contributed by atoms with E-state index in [1.807, 2.05) is 0 Å². The second kappa shape index (κ2) is 5.33. The summed E-state index contributed by atoms with van der Waals surface area (Å²) in [4.78, 5) is 0. The van der Waals surface area contributed by atoms with Crippen molar-refractivity contribution in [2.24, 2.45) is 34.5 Å². The zero-order valence-corrected chi connectivity index (χ0v) is 15.1. The Labute approximate surface area is 141 Å². The lowest BCUT2D eigenvalue weighted by molar-refractivity contribution is -0.125. The molecule has 2 N–H and O–H groups in total. The Balaban J connectivity index is 1.71. The predicted molar refractivity (Wildman–Crippen MR) is 92.9 cm³/mol. The van der Waals surface area contributed by atoms with E-state index in [1.54, 1.807) is 0 Å². The molecule has 4 aliphatic carbocycles. The van der Waals surface area contributed by atoms with Crippen LogP contribution in [0.2, 0.25) is 0 Å². The van der Waals surface area contributed by atoms with Crippen molar-refractivity contribution in [3.8, 4) is 0 Å². The average molecular weight is 319 g/mol. The molecule has 4 rings (SSSR count). The molecule has 0 radical (unpaired) electrons. The van der Waals surface area contributed by atoms with Crippen LogP contribution >= 0.6 is 0 Å². The van der Waals surface area contributed by atoms with Crippen molar-refractivity contribution < 1.29 is 10.2 Å². The van der Waals surface area contributed by atoms with Gasteiger partial charge in [-0.25, -0.2) is 0 Å². The fourth-order valence-corrected chi connectivity index (χ4v) is 7.55. The fourth-order valence-electron chi connectivity index (χ4n) is 7.55. The van der Waals surface area contributed by atoms with Crippen molar-refractivity contribution in [1.82, 2.24) is 0 Å². The summed E-state index contributed by atoms with van der Waals surface area (Å²) in [6.45, 7) is 7.20. The second-order valence-corrected chi connectivity index (χ2v) is 9.54. The van der Waals surface area contributed by atoms with Crippen molar-refractivity contribution in [2.75, 3.05) is 0 Å². The van der Waals surface area contributed by atoms with E-state index in [-0.39, 0.29) is 17.6 Å². The molecule has 130 valence electrons. The van der Waals surface area contributed by atoms with E-state index in [4.69, 9.17) is 0 Å². The van der Waals surface area contributed by atoms with Crippen molar-refractivity contribution in [2.45, 2.75) is 84.3 Å². The molecule has 0 amide bonds. The number of aliphatic hydroxyl groups excluding tert-OH is 2. The van der Waals surface area contributed by atoms with E-state index in [0.29, 0.717) is 17.3 Å². The van der Waals surface area contributed by atoms with Crippen LogP contribution in [0.1, 0.15) is 72.1 Å². The number of hydrogen-bond acceptors (Lipinski definition) is 2. The lowest BCUT2D eigenvalue weighted by Gasteiger charge is -2.59. The number of rotatable bonds is 1. The first-order valence-corrected chi connectivity index (χ1v) is 9.95. The van der Waals surface area contributed by atoms with Crippen LogP contribution in [0.15, 0.2) is 11.6 Å². The molecule has 0 spiro atoms. The summed E-state index contributed by atoms with van der Waals surface area (Å²) in [5.41, 5.74) is 1.93. The Kier molecular flexibility index (Phi) is 3.74. The molecule has 0 aliphatic heterocycles. The van der Waals surface area contributed by atoms with Crippen molar-refractivity contribution in [3.63, 3.8) is 0 Å². The molecular formula is C21H34O2. The molecule has 8 atom stereocenters. The lowest BCUT2D eigenvalue weighted by atomic mass is 9.46.